The van der Waals surface area contributed by atoms with Gasteiger partial charge in [-0.15, -0.1) is 11.3 Å². The first kappa shape index (κ1) is 14.4. The first-order valence-corrected chi connectivity index (χ1v) is 8.76. The Morgan fingerprint density at radius 2 is 2.35 bits per heavy atom. The summed E-state index contributed by atoms with van der Waals surface area (Å²) in [5.74, 6) is 0.169. The van der Waals surface area contributed by atoms with Crippen LogP contribution in [-0.2, 0) is 17.8 Å². The molecule has 0 bridgehead atoms. The highest BCUT2D eigenvalue weighted by Crippen LogP contribution is 2.21. The van der Waals surface area contributed by atoms with Gasteiger partial charge in [0, 0.05) is 30.5 Å². The molecule has 1 atom stereocenters. The molecular formula is C16H19N5OS. The molecule has 23 heavy (non-hydrogen) atoms. The number of hydrogen-bond donors (Lipinski definition) is 0. The van der Waals surface area contributed by atoms with Gasteiger partial charge in [0.15, 0.2) is 4.96 Å². The van der Waals surface area contributed by atoms with E-state index < -0.39 is 0 Å². The monoisotopic (exact) mass is 329 g/mol. The quantitative estimate of drug-likeness (QED) is 0.737. The summed E-state index contributed by atoms with van der Waals surface area (Å²) in [6, 6.07) is 0.241. The van der Waals surface area contributed by atoms with Crippen molar-refractivity contribution < 1.29 is 4.79 Å². The van der Waals surface area contributed by atoms with E-state index in [0.717, 1.165) is 42.1 Å². The van der Waals surface area contributed by atoms with Crippen molar-refractivity contribution in [2.75, 3.05) is 6.54 Å². The molecule has 0 N–H and O–H groups in total. The minimum absolute atomic E-state index is 0.169. The molecule has 1 aliphatic heterocycles. The molecule has 1 amide bonds. The van der Waals surface area contributed by atoms with Gasteiger partial charge < -0.3 is 4.90 Å². The van der Waals surface area contributed by atoms with Crippen LogP contribution in [0.15, 0.2) is 30.2 Å². The fourth-order valence-corrected chi connectivity index (χ4v) is 3.97. The zero-order valence-electron chi connectivity index (χ0n) is 13.1. The third-order valence-corrected chi connectivity index (χ3v) is 5.10. The Hall–Kier alpha value is -2.15. The molecule has 6 nitrogen and oxygen atoms in total. The smallest absolute Gasteiger partial charge is 0.228 e. The molecule has 0 aromatic carbocycles. The van der Waals surface area contributed by atoms with E-state index in [4.69, 9.17) is 0 Å². The maximum atomic E-state index is 12.7. The minimum atomic E-state index is 0.169. The molecule has 0 unspecified atom stereocenters. The second-order valence-corrected chi connectivity index (χ2v) is 7.00. The van der Waals surface area contributed by atoms with E-state index in [-0.39, 0.29) is 11.9 Å². The standard InChI is InChI=1S/C16H19N5OS/c1-12-8-17-20(9-12)11-14-3-2-4-21(14)15(22)7-13-10-19-5-6-23-16(19)18-13/h5-6,8-10,14H,2-4,7,11H2,1H3/t14-/m1/s1. The maximum absolute atomic E-state index is 12.7. The fraction of sp³-hybridized carbons (Fsp3) is 0.438. The number of likely N-dealkylation sites (tertiary alicyclic amines) is 1. The number of rotatable bonds is 4. The Kier molecular flexibility index (Phi) is 3.65. The second-order valence-electron chi connectivity index (χ2n) is 6.12. The largest absolute Gasteiger partial charge is 0.338 e. The summed E-state index contributed by atoms with van der Waals surface area (Å²) in [6.07, 6.45) is 10.3. The number of thiazole rings is 1. The van der Waals surface area contributed by atoms with E-state index in [2.05, 4.69) is 10.1 Å². The highest BCUT2D eigenvalue weighted by Gasteiger charge is 2.29. The van der Waals surface area contributed by atoms with Crippen LogP contribution in [0.3, 0.4) is 0 Å². The van der Waals surface area contributed by atoms with Crippen LogP contribution in [0.2, 0.25) is 0 Å². The van der Waals surface area contributed by atoms with Crippen molar-refractivity contribution >= 4 is 22.2 Å². The molecule has 4 rings (SSSR count). The van der Waals surface area contributed by atoms with Crippen LogP contribution >= 0.6 is 11.3 Å². The lowest BCUT2D eigenvalue weighted by Gasteiger charge is -2.24. The Morgan fingerprint density at radius 1 is 1.43 bits per heavy atom. The average molecular weight is 329 g/mol. The predicted molar refractivity (Wildman–Crippen MR) is 88.5 cm³/mol. The summed E-state index contributed by atoms with van der Waals surface area (Å²) < 4.78 is 3.92. The van der Waals surface area contributed by atoms with Gasteiger partial charge in [0.1, 0.15) is 0 Å². The molecule has 0 saturated carbocycles. The summed E-state index contributed by atoms with van der Waals surface area (Å²) in [5, 5.41) is 6.34. The molecule has 0 spiro atoms. The average Bonchev–Trinajstić information content (AvgIpc) is 3.23. The normalized spacial score (nSPS) is 18.1. The number of carbonyl (C=O) groups is 1. The molecular weight excluding hydrogens is 310 g/mol. The molecule has 1 saturated heterocycles. The Bertz CT molecular complexity index is 804. The second kappa shape index (κ2) is 5.81. The lowest BCUT2D eigenvalue weighted by atomic mass is 10.2. The van der Waals surface area contributed by atoms with Crippen molar-refractivity contribution in [1.29, 1.82) is 0 Å². The van der Waals surface area contributed by atoms with E-state index in [9.17, 15) is 4.79 Å². The van der Waals surface area contributed by atoms with Gasteiger partial charge in [-0.05, 0) is 25.3 Å². The van der Waals surface area contributed by atoms with E-state index in [1.165, 1.54) is 0 Å². The number of nitrogens with zero attached hydrogens (tertiary/aromatic N) is 5. The number of aryl methyl sites for hydroxylation is 1. The lowest BCUT2D eigenvalue weighted by molar-refractivity contribution is -0.131. The Morgan fingerprint density at radius 3 is 3.13 bits per heavy atom. The highest BCUT2D eigenvalue weighted by atomic mass is 32.1. The molecule has 1 aliphatic rings. The molecule has 1 fully saturated rings. The van der Waals surface area contributed by atoms with Gasteiger partial charge in [-0.25, -0.2) is 4.98 Å². The van der Waals surface area contributed by atoms with E-state index in [1.807, 2.05) is 51.1 Å². The van der Waals surface area contributed by atoms with E-state index in [0.29, 0.717) is 6.42 Å². The molecule has 7 heteroatoms. The van der Waals surface area contributed by atoms with Crippen LogP contribution in [0.5, 0.6) is 0 Å². The third-order valence-electron chi connectivity index (χ3n) is 4.33. The Labute approximate surface area is 138 Å². The predicted octanol–water partition coefficient (Wildman–Crippen LogP) is 2.13. The SMILES string of the molecule is Cc1cnn(C[C@H]2CCCN2C(=O)Cc2cn3ccsc3n2)c1. The summed E-state index contributed by atoms with van der Waals surface area (Å²) in [5.41, 5.74) is 2.00. The van der Waals surface area contributed by atoms with Crippen molar-refractivity contribution in [1.82, 2.24) is 24.1 Å². The zero-order valence-corrected chi connectivity index (χ0v) is 13.9. The van der Waals surface area contributed by atoms with Crippen LogP contribution in [0.4, 0.5) is 0 Å². The van der Waals surface area contributed by atoms with E-state index in [1.54, 1.807) is 11.3 Å². The summed E-state index contributed by atoms with van der Waals surface area (Å²) in [4.78, 5) is 20.1. The topological polar surface area (TPSA) is 55.4 Å². The number of aromatic nitrogens is 4. The molecule has 4 heterocycles. The summed E-state index contributed by atoms with van der Waals surface area (Å²) >= 11 is 1.59. The maximum Gasteiger partial charge on any atom is 0.228 e. The van der Waals surface area contributed by atoms with Crippen LogP contribution < -0.4 is 0 Å². The minimum Gasteiger partial charge on any atom is -0.338 e. The molecule has 0 radical (unpaired) electrons. The van der Waals surface area contributed by atoms with Gasteiger partial charge in [-0.2, -0.15) is 5.10 Å². The van der Waals surface area contributed by atoms with Crippen LogP contribution in [0, 0.1) is 6.92 Å². The molecule has 120 valence electrons. The van der Waals surface area contributed by atoms with Crippen molar-refractivity contribution in [3.8, 4) is 0 Å². The zero-order chi connectivity index (χ0) is 15.8. The first-order valence-electron chi connectivity index (χ1n) is 7.88. The number of imidazole rings is 1. The van der Waals surface area contributed by atoms with Gasteiger partial charge in [-0.3, -0.25) is 13.9 Å². The number of amides is 1. The fourth-order valence-electron chi connectivity index (χ4n) is 3.25. The van der Waals surface area contributed by atoms with Gasteiger partial charge >= 0.3 is 0 Å². The molecule has 0 aliphatic carbocycles. The van der Waals surface area contributed by atoms with Crippen LogP contribution in [-0.4, -0.2) is 42.6 Å². The van der Waals surface area contributed by atoms with E-state index >= 15 is 0 Å². The first-order chi connectivity index (χ1) is 11.2. The molecule has 3 aromatic heterocycles. The van der Waals surface area contributed by atoms with Gasteiger partial charge in [0.2, 0.25) is 5.91 Å². The summed E-state index contributed by atoms with van der Waals surface area (Å²) in [6.45, 7) is 3.65. The number of fused-ring (bicyclic) bond motifs is 1. The van der Waals surface area contributed by atoms with Crippen molar-refractivity contribution in [3.05, 3.63) is 41.4 Å². The molecule has 3 aromatic rings. The van der Waals surface area contributed by atoms with Crippen molar-refractivity contribution in [2.24, 2.45) is 0 Å². The van der Waals surface area contributed by atoms with Crippen LogP contribution in [0.1, 0.15) is 24.1 Å². The Balaban J connectivity index is 1.44. The summed E-state index contributed by atoms with van der Waals surface area (Å²) in [7, 11) is 0. The number of hydrogen-bond acceptors (Lipinski definition) is 4. The van der Waals surface area contributed by atoms with Gasteiger partial charge in [0.05, 0.1) is 30.9 Å². The van der Waals surface area contributed by atoms with Gasteiger partial charge in [0.25, 0.3) is 0 Å². The van der Waals surface area contributed by atoms with Crippen molar-refractivity contribution in [2.45, 2.75) is 38.8 Å². The van der Waals surface area contributed by atoms with Gasteiger partial charge in [-0.1, -0.05) is 0 Å². The lowest BCUT2D eigenvalue weighted by Crippen LogP contribution is -2.39. The highest BCUT2D eigenvalue weighted by molar-refractivity contribution is 7.15. The third kappa shape index (κ3) is 2.88. The van der Waals surface area contributed by atoms with Crippen molar-refractivity contribution in [3.63, 3.8) is 0 Å². The number of carbonyl (C=O) groups excluding carboxylic acids is 1. The van der Waals surface area contributed by atoms with Crippen LogP contribution in [0.25, 0.3) is 4.96 Å².